The number of hydrogen-bond acceptors (Lipinski definition) is 3. The molecule has 0 saturated heterocycles. The van der Waals surface area contributed by atoms with Crippen LogP contribution in [0.1, 0.15) is 13.8 Å². The van der Waals surface area contributed by atoms with E-state index in [1.54, 1.807) is 0 Å². The molecule has 1 atom stereocenters. The fourth-order valence-electron chi connectivity index (χ4n) is 1.38. The Balaban J connectivity index is 2.71. The summed E-state index contributed by atoms with van der Waals surface area (Å²) in [6.07, 6.45) is 0. The van der Waals surface area contributed by atoms with E-state index in [1.165, 1.54) is 11.8 Å². The molecule has 0 aliphatic rings. The molecule has 0 heterocycles. The van der Waals surface area contributed by atoms with Crippen molar-refractivity contribution < 1.29 is 4.79 Å². The Morgan fingerprint density at radius 3 is 2.71 bits per heavy atom. The number of benzene rings is 1. The van der Waals surface area contributed by atoms with E-state index in [0.29, 0.717) is 17.3 Å². The Hall–Kier alpha value is -0.710. The summed E-state index contributed by atoms with van der Waals surface area (Å²) in [7, 11) is 0. The van der Waals surface area contributed by atoms with Gasteiger partial charge in [0.25, 0.3) is 0 Å². The van der Waals surface area contributed by atoms with Crippen LogP contribution in [0.3, 0.4) is 0 Å². The van der Waals surface area contributed by atoms with E-state index in [4.69, 9.17) is 17.3 Å². The lowest BCUT2D eigenvalue weighted by molar-refractivity contribution is -0.122. The van der Waals surface area contributed by atoms with Crippen LogP contribution in [-0.4, -0.2) is 23.7 Å². The lowest BCUT2D eigenvalue weighted by Crippen LogP contribution is -2.55. The zero-order chi connectivity index (χ0) is 12.9. The van der Waals surface area contributed by atoms with Crippen LogP contribution < -0.4 is 11.1 Å². The number of amides is 1. The predicted molar refractivity (Wildman–Crippen MR) is 73.5 cm³/mol. The molecule has 0 radical (unpaired) electrons. The van der Waals surface area contributed by atoms with E-state index in [2.05, 4.69) is 5.32 Å². The highest BCUT2D eigenvalue weighted by Gasteiger charge is 2.30. The number of rotatable bonds is 6. The molecule has 1 aromatic rings. The van der Waals surface area contributed by atoms with Crippen LogP contribution >= 0.6 is 23.4 Å². The summed E-state index contributed by atoms with van der Waals surface area (Å²) >= 11 is 7.58. The van der Waals surface area contributed by atoms with Crippen LogP contribution in [0.15, 0.2) is 29.2 Å². The van der Waals surface area contributed by atoms with Crippen molar-refractivity contribution in [3.63, 3.8) is 0 Å². The van der Waals surface area contributed by atoms with Gasteiger partial charge in [-0.25, -0.2) is 0 Å². The third-order valence-electron chi connectivity index (χ3n) is 2.46. The van der Waals surface area contributed by atoms with E-state index in [0.717, 1.165) is 4.90 Å². The van der Waals surface area contributed by atoms with Gasteiger partial charge in [-0.15, -0.1) is 11.8 Å². The van der Waals surface area contributed by atoms with Gasteiger partial charge in [0, 0.05) is 10.6 Å². The van der Waals surface area contributed by atoms with E-state index in [9.17, 15) is 4.79 Å². The average Bonchev–Trinajstić information content (AvgIpc) is 2.28. The van der Waals surface area contributed by atoms with Crippen LogP contribution in [0, 0.1) is 0 Å². The van der Waals surface area contributed by atoms with Crippen LogP contribution in [0.25, 0.3) is 0 Å². The minimum Gasteiger partial charge on any atom is -0.368 e. The van der Waals surface area contributed by atoms with Crippen LogP contribution in [0.4, 0.5) is 0 Å². The maximum Gasteiger partial charge on any atom is 0.238 e. The summed E-state index contributed by atoms with van der Waals surface area (Å²) in [5.41, 5.74) is 4.70. The highest BCUT2D eigenvalue weighted by molar-refractivity contribution is 7.99. The monoisotopic (exact) mass is 272 g/mol. The Morgan fingerprint density at radius 1 is 1.53 bits per heavy atom. The zero-order valence-corrected chi connectivity index (χ0v) is 11.6. The minimum atomic E-state index is -0.710. The first-order valence-electron chi connectivity index (χ1n) is 5.42. The van der Waals surface area contributed by atoms with Crippen molar-refractivity contribution >= 4 is 29.3 Å². The molecule has 0 saturated carbocycles. The number of carbonyl (C=O) groups is 1. The largest absolute Gasteiger partial charge is 0.368 e. The summed E-state index contributed by atoms with van der Waals surface area (Å²) in [4.78, 5) is 12.4. The number of carbonyl (C=O) groups excluding carboxylic acids is 1. The lowest BCUT2D eigenvalue weighted by Gasteiger charge is -2.26. The fourth-order valence-corrected chi connectivity index (χ4v) is 2.75. The molecule has 1 aromatic carbocycles. The van der Waals surface area contributed by atoms with Gasteiger partial charge in [-0.1, -0.05) is 30.7 Å². The first kappa shape index (κ1) is 14.4. The molecule has 17 heavy (non-hydrogen) atoms. The van der Waals surface area contributed by atoms with Crippen molar-refractivity contribution in [3.05, 3.63) is 29.3 Å². The average molecular weight is 273 g/mol. The normalized spacial score (nSPS) is 14.3. The van der Waals surface area contributed by atoms with Crippen LogP contribution in [-0.2, 0) is 4.79 Å². The molecule has 0 spiro atoms. The topological polar surface area (TPSA) is 55.1 Å². The number of nitrogens with two attached hydrogens (primary N) is 1. The second-order valence-corrected chi connectivity index (χ2v) is 5.37. The summed E-state index contributed by atoms with van der Waals surface area (Å²) in [6.45, 7) is 4.45. The van der Waals surface area contributed by atoms with Gasteiger partial charge in [-0.05, 0) is 25.6 Å². The van der Waals surface area contributed by atoms with Gasteiger partial charge in [0.1, 0.15) is 5.54 Å². The Kier molecular flexibility index (Phi) is 5.31. The molecule has 0 aromatic heterocycles. The maximum atomic E-state index is 11.4. The second kappa shape index (κ2) is 6.28. The van der Waals surface area contributed by atoms with Crippen molar-refractivity contribution in [2.45, 2.75) is 24.3 Å². The van der Waals surface area contributed by atoms with E-state index in [-0.39, 0.29) is 5.91 Å². The maximum absolute atomic E-state index is 11.4. The highest BCUT2D eigenvalue weighted by atomic mass is 35.5. The zero-order valence-electron chi connectivity index (χ0n) is 10.00. The molecular formula is C12H17ClN2OS. The highest BCUT2D eigenvalue weighted by Crippen LogP contribution is 2.29. The minimum absolute atomic E-state index is 0.348. The SMILES string of the molecule is CCNC(C)(CSc1ccccc1Cl)C(N)=O. The summed E-state index contributed by atoms with van der Waals surface area (Å²) in [5, 5.41) is 3.80. The number of halogens is 1. The van der Waals surface area contributed by atoms with Gasteiger partial charge in [0.2, 0.25) is 5.91 Å². The molecule has 1 unspecified atom stereocenters. The number of thioether (sulfide) groups is 1. The molecule has 1 rings (SSSR count). The second-order valence-electron chi connectivity index (χ2n) is 3.95. The Morgan fingerprint density at radius 2 is 2.18 bits per heavy atom. The van der Waals surface area contributed by atoms with Gasteiger partial charge >= 0.3 is 0 Å². The molecule has 3 N–H and O–H groups in total. The molecule has 0 aliphatic heterocycles. The third-order valence-corrected chi connectivity index (χ3v) is 4.29. The summed E-state index contributed by atoms with van der Waals surface area (Å²) in [6, 6.07) is 7.56. The Labute approximate surface area is 111 Å². The first-order chi connectivity index (χ1) is 7.99. The summed E-state index contributed by atoms with van der Waals surface area (Å²) in [5.74, 6) is 0.207. The molecule has 94 valence electrons. The van der Waals surface area contributed by atoms with Crippen molar-refractivity contribution in [1.82, 2.24) is 5.32 Å². The van der Waals surface area contributed by atoms with Crippen LogP contribution in [0.2, 0.25) is 5.02 Å². The molecule has 5 heteroatoms. The third kappa shape index (κ3) is 3.91. The smallest absolute Gasteiger partial charge is 0.238 e. The first-order valence-corrected chi connectivity index (χ1v) is 6.78. The molecule has 0 fully saturated rings. The fraction of sp³-hybridized carbons (Fsp3) is 0.417. The predicted octanol–water partition coefficient (Wildman–Crippen LogP) is 2.29. The molecule has 3 nitrogen and oxygen atoms in total. The van der Waals surface area contributed by atoms with Crippen molar-refractivity contribution in [2.75, 3.05) is 12.3 Å². The molecule has 0 bridgehead atoms. The van der Waals surface area contributed by atoms with Gasteiger partial charge in [0.15, 0.2) is 0 Å². The van der Waals surface area contributed by atoms with Crippen molar-refractivity contribution in [3.8, 4) is 0 Å². The van der Waals surface area contributed by atoms with E-state index >= 15 is 0 Å². The standard InChI is InChI=1S/C12H17ClN2OS/c1-3-15-12(2,11(14)16)8-17-10-7-5-4-6-9(10)13/h4-7,15H,3,8H2,1-2H3,(H2,14,16). The summed E-state index contributed by atoms with van der Waals surface area (Å²) < 4.78 is 0. The number of nitrogens with one attached hydrogen (secondary N) is 1. The molecule has 1 amide bonds. The lowest BCUT2D eigenvalue weighted by atomic mass is 10.1. The van der Waals surface area contributed by atoms with Gasteiger partial charge < -0.3 is 11.1 Å². The Bertz CT molecular complexity index is 400. The van der Waals surface area contributed by atoms with Gasteiger partial charge in [-0.2, -0.15) is 0 Å². The molecular weight excluding hydrogens is 256 g/mol. The van der Waals surface area contributed by atoms with Crippen molar-refractivity contribution in [2.24, 2.45) is 5.73 Å². The number of primary amides is 1. The van der Waals surface area contributed by atoms with Crippen molar-refractivity contribution in [1.29, 1.82) is 0 Å². The molecule has 0 aliphatic carbocycles. The van der Waals surface area contributed by atoms with E-state index in [1.807, 2.05) is 38.1 Å². The quantitative estimate of drug-likeness (QED) is 0.781. The number of hydrogen-bond donors (Lipinski definition) is 2. The number of likely N-dealkylation sites (N-methyl/N-ethyl adjacent to an activating group) is 1. The van der Waals surface area contributed by atoms with E-state index < -0.39 is 5.54 Å². The van der Waals surface area contributed by atoms with Crippen LogP contribution in [0.5, 0.6) is 0 Å². The van der Waals surface area contributed by atoms with Gasteiger partial charge in [-0.3, -0.25) is 4.79 Å². The van der Waals surface area contributed by atoms with Gasteiger partial charge in [0.05, 0.1) is 5.02 Å².